The van der Waals surface area contributed by atoms with Gasteiger partial charge in [-0.3, -0.25) is 14.8 Å². The van der Waals surface area contributed by atoms with Crippen molar-refractivity contribution in [3.63, 3.8) is 0 Å². The van der Waals surface area contributed by atoms with E-state index in [-0.39, 0.29) is 5.69 Å². The van der Waals surface area contributed by atoms with Crippen LogP contribution in [0.1, 0.15) is 0 Å². The first kappa shape index (κ1) is 17.6. The molecule has 1 rings (SSSR count). The molecule has 0 fully saturated rings. The molecule has 0 aliphatic carbocycles. The van der Waals surface area contributed by atoms with Crippen LogP contribution in [0.2, 0.25) is 0 Å². The van der Waals surface area contributed by atoms with E-state index in [2.05, 4.69) is 4.84 Å². The molecule has 1 unspecified atom stereocenters. The molecule has 12 heteroatoms. The van der Waals surface area contributed by atoms with E-state index in [4.69, 9.17) is 4.55 Å². The van der Waals surface area contributed by atoms with Gasteiger partial charge in [-0.15, -0.1) is 5.59 Å². The summed E-state index contributed by atoms with van der Waals surface area (Å²) in [7, 11) is -6.33. The molecule has 1 aromatic carbocycles. The average molecular weight is 336 g/mol. The molecule has 0 aromatic heterocycles. The van der Waals surface area contributed by atoms with Crippen LogP contribution in [0, 0.1) is 0 Å². The quantitative estimate of drug-likeness (QED) is 0.418. The fourth-order valence-corrected chi connectivity index (χ4v) is 1.58. The molecule has 1 atom stereocenters. The Hall–Kier alpha value is -1.50. The van der Waals surface area contributed by atoms with Crippen molar-refractivity contribution in [1.82, 2.24) is 5.59 Å². The molecule has 0 heterocycles. The molecule has 3 N–H and O–H groups in total. The van der Waals surface area contributed by atoms with Crippen molar-refractivity contribution in [2.24, 2.45) is 0 Å². The Labute approximate surface area is 115 Å². The highest BCUT2D eigenvalue weighted by molar-refractivity contribution is 7.86. The summed E-state index contributed by atoms with van der Waals surface area (Å²) < 4.78 is 92.3. The predicted octanol–water partition coefficient (Wildman–Crippen LogP) is 1.95. The standard InChI is InChI=1S/C9H9F5N2O4S/c10-8(11,12)7(9(13,14)21(17,18)19)20-16-15-6-4-2-1-3-5-6/h1-5,7,15-16H,(H,17,18,19). The van der Waals surface area contributed by atoms with Gasteiger partial charge in [0.15, 0.2) is 0 Å². The Balaban J connectivity index is 2.82. The molecular formula is C9H9F5N2O4S. The van der Waals surface area contributed by atoms with Gasteiger partial charge < -0.3 is 0 Å². The van der Waals surface area contributed by atoms with Crippen LogP contribution in [0.3, 0.4) is 0 Å². The lowest BCUT2D eigenvalue weighted by molar-refractivity contribution is -0.278. The van der Waals surface area contributed by atoms with Crippen molar-refractivity contribution in [2.75, 3.05) is 5.43 Å². The summed E-state index contributed by atoms with van der Waals surface area (Å²) in [5.41, 5.74) is 3.51. The zero-order valence-electron chi connectivity index (χ0n) is 9.93. The second-order valence-electron chi connectivity index (χ2n) is 3.67. The third kappa shape index (κ3) is 4.49. The molecule has 0 radical (unpaired) electrons. The lowest BCUT2D eigenvalue weighted by Crippen LogP contribution is -2.53. The van der Waals surface area contributed by atoms with Gasteiger partial charge in [-0.05, 0) is 12.1 Å². The fraction of sp³-hybridized carbons (Fsp3) is 0.333. The van der Waals surface area contributed by atoms with E-state index < -0.39 is 27.7 Å². The van der Waals surface area contributed by atoms with Gasteiger partial charge >= 0.3 is 21.5 Å². The molecule has 0 bridgehead atoms. The van der Waals surface area contributed by atoms with Crippen LogP contribution in [-0.2, 0) is 15.0 Å². The van der Waals surface area contributed by atoms with E-state index in [1.54, 1.807) is 6.07 Å². The minimum Gasteiger partial charge on any atom is -0.299 e. The highest BCUT2D eigenvalue weighted by Gasteiger charge is 2.65. The van der Waals surface area contributed by atoms with Gasteiger partial charge in [0.2, 0.25) is 0 Å². The summed E-state index contributed by atoms with van der Waals surface area (Å²) in [5, 5.41) is -5.59. The van der Waals surface area contributed by atoms with Crippen LogP contribution in [0.25, 0.3) is 0 Å². The van der Waals surface area contributed by atoms with E-state index in [0.29, 0.717) is 0 Å². The zero-order chi connectivity index (χ0) is 16.3. The van der Waals surface area contributed by atoms with Gasteiger partial charge in [-0.25, -0.2) is 0 Å². The Bertz CT molecular complexity index is 563. The Morgan fingerprint density at radius 2 is 1.62 bits per heavy atom. The number of hydrazine groups is 1. The average Bonchev–Trinajstić information content (AvgIpc) is 2.32. The maximum absolute atomic E-state index is 13.1. The fourth-order valence-electron chi connectivity index (χ4n) is 1.13. The largest absolute Gasteiger partial charge is 0.423 e. The molecule has 0 aliphatic heterocycles. The molecule has 0 saturated carbocycles. The normalized spacial score (nSPS) is 14.8. The van der Waals surface area contributed by atoms with E-state index >= 15 is 0 Å². The maximum atomic E-state index is 13.1. The van der Waals surface area contributed by atoms with Crippen molar-refractivity contribution in [1.29, 1.82) is 0 Å². The molecule has 6 nitrogen and oxygen atoms in total. The zero-order valence-corrected chi connectivity index (χ0v) is 10.8. The molecule has 21 heavy (non-hydrogen) atoms. The number of hydrogen-bond acceptors (Lipinski definition) is 5. The number of benzene rings is 1. The van der Waals surface area contributed by atoms with E-state index in [0.717, 1.165) is 0 Å². The summed E-state index contributed by atoms with van der Waals surface area (Å²) >= 11 is 0. The first-order valence-corrected chi connectivity index (χ1v) is 6.53. The Morgan fingerprint density at radius 1 is 1.10 bits per heavy atom. The summed E-state index contributed by atoms with van der Waals surface area (Å²) in [4.78, 5) is 3.63. The van der Waals surface area contributed by atoms with E-state index in [9.17, 15) is 30.4 Å². The van der Waals surface area contributed by atoms with Gasteiger partial charge in [-0.2, -0.15) is 30.4 Å². The highest BCUT2D eigenvalue weighted by Crippen LogP contribution is 2.37. The second-order valence-corrected chi connectivity index (χ2v) is 5.16. The number of anilines is 1. The van der Waals surface area contributed by atoms with Crippen molar-refractivity contribution in [3.8, 4) is 0 Å². The Kier molecular flexibility index (Phi) is 5.09. The molecular weight excluding hydrogens is 327 g/mol. The van der Waals surface area contributed by atoms with Crippen LogP contribution in [-0.4, -0.2) is 30.5 Å². The summed E-state index contributed by atoms with van der Waals surface area (Å²) in [6, 6.07) is 7.27. The van der Waals surface area contributed by atoms with Crippen molar-refractivity contribution in [3.05, 3.63) is 30.3 Å². The van der Waals surface area contributed by atoms with Crippen molar-refractivity contribution in [2.45, 2.75) is 17.5 Å². The highest BCUT2D eigenvalue weighted by atomic mass is 32.2. The van der Waals surface area contributed by atoms with Crippen LogP contribution in [0.15, 0.2) is 30.3 Å². The SMILES string of the molecule is O=S(=O)(O)C(F)(F)C(ONNc1ccccc1)C(F)(F)F. The lowest BCUT2D eigenvalue weighted by Gasteiger charge is -2.26. The summed E-state index contributed by atoms with van der Waals surface area (Å²) in [5.74, 6) is 0. The van der Waals surface area contributed by atoms with Crippen LogP contribution in [0.4, 0.5) is 27.6 Å². The van der Waals surface area contributed by atoms with Crippen molar-refractivity contribution >= 4 is 15.8 Å². The van der Waals surface area contributed by atoms with Gasteiger partial charge in [0.05, 0.1) is 5.69 Å². The van der Waals surface area contributed by atoms with Gasteiger partial charge in [-0.1, -0.05) is 18.2 Å². The minimum absolute atomic E-state index is 0.161. The first-order chi connectivity index (χ1) is 9.46. The Morgan fingerprint density at radius 3 is 2.05 bits per heavy atom. The van der Waals surface area contributed by atoms with Crippen LogP contribution >= 0.6 is 0 Å². The molecule has 1 aromatic rings. The van der Waals surface area contributed by atoms with Crippen LogP contribution < -0.4 is 11.0 Å². The van der Waals surface area contributed by atoms with E-state index in [1.807, 2.05) is 5.43 Å². The smallest absolute Gasteiger partial charge is 0.299 e. The third-order valence-electron chi connectivity index (χ3n) is 2.09. The number of alkyl halides is 5. The minimum atomic E-state index is -6.33. The maximum Gasteiger partial charge on any atom is 0.423 e. The summed E-state index contributed by atoms with van der Waals surface area (Å²) in [6.07, 6.45) is -9.87. The van der Waals surface area contributed by atoms with Gasteiger partial charge in [0, 0.05) is 0 Å². The number of halogens is 5. The molecule has 0 aliphatic rings. The lowest BCUT2D eigenvalue weighted by atomic mass is 10.3. The van der Waals surface area contributed by atoms with Crippen molar-refractivity contribution < 1.29 is 39.8 Å². The topological polar surface area (TPSA) is 87.7 Å². The van der Waals surface area contributed by atoms with Crippen LogP contribution in [0.5, 0.6) is 0 Å². The monoisotopic (exact) mass is 336 g/mol. The molecule has 0 saturated heterocycles. The second kappa shape index (κ2) is 6.09. The predicted molar refractivity (Wildman–Crippen MR) is 60.6 cm³/mol. The number of nitrogens with one attached hydrogen (secondary N) is 2. The first-order valence-electron chi connectivity index (χ1n) is 5.09. The molecule has 120 valence electrons. The number of para-hydroxylation sites is 1. The molecule has 0 spiro atoms. The van der Waals surface area contributed by atoms with Gasteiger partial charge in [0.1, 0.15) is 0 Å². The summed E-state index contributed by atoms with van der Waals surface area (Å²) in [6.45, 7) is 0. The third-order valence-corrected chi connectivity index (χ3v) is 2.99. The molecule has 0 amide bonds. The number of rotatable bonds is 6. The van der Waals surface area contributed by atoms with Gasteiger partial charge in [0.25, 0.3) is 6.10 Å². The van der Waals surface area contributed by atoms with E-state index in [1.165, 1.54) is 29.9 Å². The number of hydrogen-bond donors (Lipinski definition) is 3.